The lowest BCUT2D eigenvalue weighted by Crippen LogP contribution is -2.16. The Kier molecular flexibility index (Phi) is 8.32. The fourth-order valence-electron chi connectivity index (χ4n) is 4.20. The predicted octanol–water partition coefficient (Wildman–Crippen LogP) is 7.26. The number of hydrogen-bond donors (Lipinski definition) is 1. The normalized spacial score (nSPS) is 11.1. The van der Waals surface area contributed by atoms with Gasteiger partial charge in [0.25, 0.3) is 0 Å². The van der Waals surface area contributed by atoms with Crippen LogP contribution in [0.5, 0.6) is 11.5 Å². The Bertz CT molecular complexity index is 1620. The Morgan fingerprint density at radius 3 is 2.38 bits per heavy atom. The number of para-hydroxylation sites is 1. The lowest BCUT2D eigenvalue weighted by molar-refractivity contribution is 0.0923. The molecule has 202 valence electrons. The van der Waals surface area contributed by atoms with Gasteiger partial charge in [0, 0.05) is 33.2 Å². The minimum absolute atomic E-state index is 0.132. The van der Waals surface area contributed by atoms with Gasteiger partial charge in [-0.15, -0.1) is 0 Å². The minimum atomic E-state index is -0.473. The molecule has 0 saturated carbocycles. The van der Waals surface area contributed by atoms with E-state index < -0.39 is 5.91 Å². The van der Waals surface area contributed by atoms with Gasteiger partial charge in [0.05, 0.1) is 6.21 Å². The van der Waals surface area contributed by atoms with E-state index >= 15 is 0 Å². The summed E-state index contributed by atoms with van der Waals surface area (Å²) in [4.78, 5) is 12.6. The number of benzene rings is 3. The van der Waals surface area contributed by atoms with Gasteiger partial charge in [-0.3, -0.25) is 4.79 Å². The van der Waals surface area contributed by atoms with Gasteiger partial charge in [-0.1, -0.05) is 41.9 Å². The van der Waals surface area contributed by atoms with E-state index in [1.54, 1.807) is 12.1 Å². The highest BCUT2D eigenvalue weighted by Gasteiger charge is 2.12. The van der Waals surface area contributed by atoms with Gasteiger partial charge < -0.3 is 18.5 Å². The average Bonchev–Trinajstić information content (AvgIpc) is 3.58. The number of ether oxygens (including phenoxy) is 2. The second-order valence-electron chi connectivity index (χ2n) is 9.12. The molecule has 1 amide bonds. The van der Waals surface area contributed by atoms with Crippen LogP contribution in [0.1, 0.15) is 38.8 Å². The minimum Gasteiger partial charge on any atom is -0.488 e. The maximum atomic E-state index is 12.6. The van der Waals surface area contributed by atoms with Gasteiger partial charge in [-0.25, -0.2) is 5.43 Å². The van der Waals surface area contributed by atoms with Crippen LogP contribution in [0.4, 0.5) is 0 Å². The van der Waals surface area contributed by atoms with E-state index in [9.17, 15) is 4.79 Å². The van der Waals surface area contributed by atoms with E-state index in [-0.39, 0.29) is 12.4 Å². The Morgan fingerprint density at radius 1 is 0.875 bits per heavy atom. The highest BCUT2D eigenvalue weighted by atomic mass is 35.5. The van der Waals surface area contributed by atoms with Gasteiger partial charge in [-0.05, 0) is 80.6 Å². The number of hydrazone groups is 1. The molecule has 5 aromatic rings. The van der Waals surface area contributed by atoms with Crippen molar-refractivity contribution < 1.29 is 18.7 Å². The van der Waals surface area contributed by atoms with Crippen molar-refractivity contribution >= 4 is 23.7 Å². The zero-order chi connectivity index (χ0) is 27.9. The van der Waals surface area contributed by atoms with E-state index in [4.69, 9.17) is 25.5 Å². The molecule has 0 bridgehead atoms. The third-order valence-electron chi connectivity index (χ3n) is 6.26. The van der Waals surface area contributed by atoms with Crippen molar-refractivity contribution in [2.45, 2.75) is 27.1 Å². The largest absolute Gasteiger partial charge is 0.488 e. The van der Waals surface area contributed by atoms with Crippen molar-refractivity contribution in [1.29, 1.82) is 0 Å². The molecule has 1 N–H and O–H groups in total. The molecule has 7 nitrogen and oxygen atoms in total. The van der Waals surface area contributed by atoms with Crippen LogP contribution in [0.2, 0.25) is 5.02 Å². The van der Waals surface area contributed by atoms with Crippen LogP contribution in [-0.4, -0.2) is 16.7 Å². The van der Waals surface area contributed by atoms with E-state index in [0.717, 1.165) is 11.3 Å². The number of furan rings is 1. The SMILES string of the molecule is Cc1ccc(C)n1-c1ccc(OCc2ccc(C(=O)N/N=C/c3ccccc3OCc3ccccc3Cl)o2)cc1. The Balaban J connectivity index is 1.14. The van der Waals surface area contributed by atoms with Crippen molar-refractivity contribution in [3.63, 3.8) is 0 Å². The van der Waals surface area contributed by atoms with Crippen molar-refractivity contribution in [1.82, 2.24) is 9.99 Å². The summed E-state index contributed by atoms with van der Waals surface area (Å²) in [5.74, 6) is 1.50. The summed E-state index contributed by atoms with van der Waals surface area (Å²) in [6.07, 6.45) is 1.52. The first-order valence-corrected chi connectivity index (χ1v) is 13.1. The Morgan fingerprint density at radius 2 is 1.60 bits per heavy atom. The van der Waals surface area contributed by atoms with Crippen LogP contribution >= 0.6 is 11.6 Å². The summed E-state index contributed by atoms with van der Waals surface area (Å²) in [6.45, 7) is 4.65. The number of hydrogen-bond acceptors (Lipinski definition) is 5. The third kappa shape index (κ3) is 6.45. The summed E-state index contributed by atoms with van der Waals surface area (Å²) in [5.41, 5.74) is 7.48. The fourth-order valence-corrected chi connectivity index (χ4v) is 4.39. The maximum absolute atomic E-state index is 12.6. The molecule has 0 atom stereocenters. The highest BCUT2D eigenvalue weighted by Crippen LogP contribution is 2.22. The zero-order valence-electron chi connectivity index (χ0n) is 22.1. The van der Waals surface area contributed by atoms with Crippen molar-refractivity contribution in [2.24, 2.45) is 5.10 Å². The standard InChI is InChI=1S/C32H28ClN3O4/c1-22-11-12-23(2)36(22)26-13-15-27(16-14-26)38-21-28-17-18-31(40-28)32(37)35-34-19-24-7-4-6-10-30(24)39-20-25-8-3-5-9-29(25)33/h3-19H,20-21H2,1-2H3,(H,35,37)/b34-19+. The van der Waals surface area contributed by atoms with Gasteiger partial charge in [0.15, 0.2) is 5.76 Å². The van der Waals surface area contributed by atoms with Crippen molar-refractivity contribution in [2.75, 3.05) is 0 Å². The van der Waals surface area contributed by atoms with Gasteiger partial charge in [0.2, 0.25) is 0 Å². The molecule has 0 aliphatic heterocycles. The molecule has 0 aliphatic rings. The van der Waals surface area contributed by atoms with E-state index in [1.807, 2.05) is 72.8 Å². The number of rotatable bonds is 10. The predicted molar refractivity (Wildman–Crippen MR) is 156 cm³/mol. The van der Waals surface area contributed by atoms with Gasteiger partial charge >= 0.3 is 5.91 Å². The fraction of sp³-hybridized carbons (Fsp3) is 0.125. The van der Waals surface area contributed by atoms with Crippen LogP contribution in [0.15, 0.2) is 107 Å². The molecular formula is C32H28ClN3O4. The molecule has 0 aliphatic carbocycles. The topological polar surface area (TPSA) is 78.0 Å². The lowest BCUT2D eigenvalue weighted by Gasteiger charge is -2.10. The zero-order valence-corrected chi connectivity index (χ0v) is 22.9. The van der Waals surface area contributed by atoms with Crippen molar-refractivity contribution in [3.8, 4) is 17.2 Å². The lowest BCUT2D eigenvalue weighted by atomic mass is 10.2. The molecule has 5 rings (SSSR count). The summed E-state index contributed by atoms with van der Waals surface area (Å²) in [7, 11) is 0. The molecule has 0 fully saturated rings. The summed E-state index contributed by atoms with van der Waals surface area (Å²) in [5, 5.41) is 4.71. The van der Waals surface area contributed by atoms with Crippen LogP contribution in [-0.2, 0) is 13.2 Å². The Hall–Kier alpha value is -4.75. The number of halogens is 1. The van der Waals surface area contributed by atoms with Crippen LogP contribution in [0.3, 0.4) is 0 Å². The molecule has 0 unspecified atom stereocenters. The first kappa shape index (κ1) is 26.8. The molecule has 3 aromatic carbocycles. The molecular weight excluding hydrogens is 526 g/mol. The molecule has 2 heterocycles. The summed E-state index contributed by atoms with van der Waals surface area (Å²) in [6, 6.07) is 30.2. The highest BCUT2D eigenvalue weighted by molar-refractivity contribution is 6.31. The summed E-state index contributed by atoms with van der Waals surface area (Å²) >= 11 is 6.22. The van der Waals surface area contributed by atoms with Crippen LogP contribution in [0, 0.1) is 13.8 Å². The first-order valence-electron chi connectivity index (χ1n) is 12.7. The van der Waals surface area contributed by atoms with Crippen LogP contribution in [0.25, 0.3) is 5.69 Å². The molecule has 0 radical (unpaired) electrons. The van der Waals surface area contributed by atoms with E-state index in [2.05, 4.69) is 41.1 Å². The van der Waals surface area contributed by atoms with Gasteiger partial charge in [0.1, 0.15) is 30.5 Å². The molecule has 2 aromatic heterocycles. The van der Waals surface area contributed by atoms with E-state index in [1.165, 1.54) is 17.6 Å². The molecule has 0 spiro atoms. The van der Waals surface area contributed by atoms with E-state index in [0.29, 0.717) is 34.5 Å². The van der Waals surface area contributed by atoms with Crippen LogP contribution < -0.4 is 14.9 Å². The summed E-state index contributed by atoms with van der Waals surface area (Å²) < 4.78 is 19.6. The number of carbonyl (C=O) groups is 1. The smallest absolute Gasteiger partial charge is 0.307 e. The van der Waals surface area contributed by atoms with Crippen molar-refractivity contribution in [3.05, 3.63) is 136 Å². The second kappa shape index (κ2) is 12.4. The average molecular weight is 554 g/mol. The molecule has 8 heteroatoms. The monoisotopic (exact) mass is 553 g/mol. The number of aromatic nitrogens is 1. The number of nitrogens with zero attached hydrogens (tertiary/aromatic N) is 2. The third-order valence-corrected chi connectivity index (χ3v) is 6.63. The second-order valence-corrected chi connectivity index (χ2v) is 9.52. The number of nitrogens with one attached hydrogen (secondary N) is 1. The molecule has 0 saturated heterocycles. The Labute approximate surface area is 237 Å². The quantitative estimate of drug-likeness (QED) is 0.146. The molecule has 40 heavy (non-hydrogen) atoms. The number of aryl methyl sites for hydroxylation is 2. The maximum Gasteiger partial charge on any atom is 0.307 e. The first-order chi connectivity index (χ1) is 19.5. The number of amides is 1. The number of carbonyl (C=O) groups excluding carboxylic acids is 1. The van der Waals surface area contributed by atoms with Gasteiger partial charge in [-0.2, -0.15) is 5.10 Å².